The zero-order chi connectivity index (χ0) is 21.7. The van der Waals surface area contributed by atoms with Gasteiger partial charge in [0.15, 0.2) is 5.65 Å². The van der Waals surface area contributed by atoms with E-state index >= 15 is 0 Å². The van der Waals surface area contributed by atoms with Crippen LogP contribution >= 0.6 is 10.7 Å². The Bertz CT molecular complexity index is 1300. The number of nitrogens with zero attached hydrogens (tertiary/aromatic N) is 4. The Morgan fingerprint density at radius 1 is 1.10 bits per heavy atom. The first-order valence-corrected chi connectivity index (χ1v) is 13.3. The Morgan fingerprint density at radius 3 is 2.40 bits per heavy atom. The first kappa shape index (κ1) is 21.1. The van der Waals surface area contributed by atoms with Crippen LogP contribution in [0.5, 0.6) is 0 Å². The predicted molar refractivity (Wildman–Crippen MR) is 116 cm³/mol. The van der Waals surface area contributed by atoms with Gasteiger partial charge in [0, 0.05) is 30.0 Å². The number of hydrogen-bond acceptors (Lipinski definition) is 7. The second kappa shape index (κ2) is 7.51. The molecule has 0 radical (unpaired) electrons. The summed E-state index contributed by atoms with van der Waals surface area (Å²) < 4.78 is 49.9. The van der Waals surface area contributed by atoms with Crippen LogP contribution in [0, 0.1) is 12.8 Å². The van der Waals surface area contributed by atoms with Crippen LogP contribution in [0.25, 0.3) is 11.0 Å². The lowest BCUT2D eigenvalue weighted by atomic mass is 9.81. The highest BCUT2D eigenvalue weighted by Gasteiger charge is 2.36. The molecule has 0 aliphatic heterocycles. The largest absolute Gasteiger partial charge is 0.356 e. The standard InChI is InChI=1S/C19H21ClN4O4S2/c1-13-3-5-16(6-4-13)30(27,28)24-8-7-17-18(21-12-22-19(17)24)23(2)15-9-14(10-15)11-29(20,25)26/h3-8,12,14-15H,9-11H2,1-2H3. The van der Waals surface area contributed by atoms with Crippen molar-refractivity contribution in [2.45, 2.75) is 30.7 Å². The third-order valence-corrected chi connectivity index (χ3v) is 8.46. The molecule has 1 aromatic carbocycles. The maximum absolute atomic E-state index is 13.1. The smallest absolute Gasteiger partial charge is 0.269 e. The van der Waals surface area contributed by atoms with Gasteiger partial charge in [-0.2, -0.15) is 0 Å². The summed E-state index contributed by atoms with van der Waals surface area (Å²) in [7, 11) is -0.102. The molecule has 1 fully saturated rings. The molecular formula is C19H21ClN4O4S2. The zero-order valence-corrected chi connectivity index (χ0v) is 18.8. The summed E-state index contributed by atoms with van der Waals surface area (Å²) in [5, 5.41) is 0.615. The number of hydrogen-bond donors (Lipinski definition) is 0. The molecule has 4 rings (SSSR count). The summed E-state index contributed by atoms with van der Waals surface area (Å²) in [6, 6.07) is 8.44. The van der Waals surface area contributed by atoms with Gasteiger partial charge in [0.05, 0.1) is 16.0 Å². The molecule has 0 unspecified atom stereocenters. The van der Waals surface area contributed by atoms with Crippen molar-refractivity contribution in [1.82, 2.24) is 13.9 Å². The summed E-state index contributed by atoms with van der Waals surface area (Å²) >= 11 is 0. The minimum Gasteiger partial charge on any atom is -0.356 e. The molecule has 30 heavy (non-hydrogen) atoms. The number of rotatable bonds is 6. The van der Waals surface area contributed by atoms with Crippen LogP contribution < -0.4 is 4.90 Å². The fourth-order valence-electron chi connectivity index (χ4n) is 3.82. The number of aryl methyl sites for hydroxylation is 1. The van der Waals surface area contributed by atoms with E-state index in [1.807, 2.05) is 18.9 Å². The van der Waals surface area contributed by atoms with Crippen LogP contribution in [0.15, 0.2) is 47.8 Å². The van der Waals surface area contributed by atoms with Crippen molar-refractivity contribution < 1.29 is 16.8 Å². The van der Waals surface area contributed by atoms with E-state index in [0.29, 0.717) is 29.7 Å². The molecule has 0 spiro atoms. The van der Waals surface area contributed by atoms with Crippen molar-refractivity contribution in [2.75, 3.05) is 17.7 Å². The topological polar surface area (TPSA) is 102 Å². The van der Waals surface area contributed by atoms with Gasteiger partial charge >= 0.3 is 0 Å². The molecule has 0 bridgehead atoms. The number of anilines is 1. The fourth-order valence-corrected chi connectivity index (χ4v) is 6.49. The molecule has 0 atom stereocenters. The van der Waals surface area contributed by atoms with E-state index in [0.717, 1.165) is 9.54 Å². The molecule has 11 heteroatoms. The number of benzene rings is 1. The van der Waals surface area contributed by atoms with Crippen molar-refractivity contribution in [3.05, 3.63) is 48.4 Å². The molecule has 0 amide bonds. The van der Waals surface area contributed by atoms with Crippen molar-refractivity contribution in [2.24, 2.45) is 5.92 Å². The second-order valence-corrected chi connectivity index (χ2v) is 12.3. The number of aromatic nitrogens is 3. The van der Waals surface area contributed by atoms with Gasteiger partial charge in [-0.1, -0.05) is 17.7 Å². The highest BCUT2D eigenvalue weighted by molar-refractivity contribution is 8.13. The van der Waals surface area contributed by atoms with E-state index < -0.39 is 19.1 Å². The number of fused-ring (bicyclic) bond motifs is 1. The van der Waals surface area contributed by atoms with Crippen molar-refractivity contribution in [3.8, 4) is 0 Å². The molecule has 2 heterocycles. The van der Waals surface area contributed by atoms with E-state index in [1.54, 1.807) is 30.3 Å². The first-order valence-electron chi connectivity index (χ1n) is 9.36. The van der Waals surface area contributed by atoms with Gasteiger partial charge in [-0.15, -0.1) is 0 Å². The minimum atomic E-state index is -3.80. The Morgan fingerprint density at radius 2 is 1.77 bits per heavy atom. The SMILES string of the molecule is Cc1ccc(S(=O)(=O)n2ccc3c(N(C)C4CC(CS(=O)(=O)Cl)C4)ncnc32)cc1. The van der Waals surface area contributed by atoms with E-state index in [9.17, 15) is 16.8 Å². The summed E-state index contributed by atoms with van der Waals surface area (Å²) in [4.78, 5) is 10.7. The van der Waals surface area contributed by atoms with Gasteiger partial charge in [0.2, 0.25) is 9.05 Å². The van der Waals surface area contributed by atoms with Gasteiger partial charge in [0.1, 0.15) is 12.1 Å². The third kappa shape index (κ3) is 3.91. The highest BCUT2D eigenvalue weighted by Crippen LogP contribution is 2.36. The lowest BCUT2D eigenvalue weighted by molar-refractivity contribution is 0.283. The minimum absolute atomic E-state index is 0.0174. The van der Waals surface area contributed by atoms with Gasteiger partial charge in [-0.05, 0) is 43.9 Å². The first-order chi connectivity index (χ1) is 14.1. The summed E-state index contributed by atoms with van der Waals surface area (Å²) in [5.41, 5.74) is 1.27. The quantitative estimate of drug-likeness (QED) is 0.512. The van der Waals surface area contributed by atoms with Crippen molar-refractivity contribution in [3.63, 3.8) is 0 Å². The summed E-state index contributed by atoms with van der Waals surface area (Å²) in [6.45, 7) is 1.89. The highest BCUT2D eigenvalue weighted by atomic mass is 35.7. The van der Waals surface area contributed by atoms with Crippen LogP contribution in [0.2, 0.25) is 0 Å². The molecular weight excluding hydrogens is 448 g/mol. The summed E-state index contributed by atoms with van der Waals surface area (Å²) in [6.07, 6.45) is 4.18. The van der Waals surface area contributed by atoms with Crippen LogP contribution in [0.1, 0.15) is 18.4 Å². The Kier molecular flexibility index (Phi) is 5.27. The lowest BCUT2D eigenvalue weighted by Crippen LogP contribution is -2.44. The van der Waals surface area contributed by atoms with Crippen molar-refractivity contribution in [1.29, 1.82) is 0 Å². The summed E-state index contributed by atoms with van der Waals surface area (Å²) in [5.74, 6) is 0.585. The van der Waals surface area contributed by atoms with Gasteiger partial charge in [-0.25, -0.2) is 30.8 Å². The van der Waals surface area contributed by atoms with E-state index in [-0.39, 0.29) is 22.6 Å². The van der Waals surface area contributed by atoms with Crippen LogP contribution in [0.4, 0.5) is 5.82 Å². The predicted octanol–water partition coefficient (Wildman–Crippen LogP) is 2.76. The maximum Gasteiger partial charge on any atom is 0.269 e. The molecule has 1 aliphatic rings. The Balaban J connectivity index is 1.64. The molecule has 2 aromatic heterocycles. The van der Waals surface area contributed by atoms with Gasteiger partial charge < -0.3 is 4.90 Å². The normalized spacial score (nSPS) is 19.6. The molecule has 1 aliphatic carbocycles. The van der Waals surface area contributed by atoms with Gasteiger partial charge in [-0.3, -0.25) is 0 Å². The molecule has 0 saturated heterocycles. The van der Waals surface area contributed by atoms with E-state index in [1.165, 1.54) is 12.5 Å². The van der Waals surface area contributed by atoms with Crippen molar-refractivity contribution >= 4 is 46.6 Å². The Labute approximate surface area is 180 Å². The molecule has 8 nitrogen and oxygen atoms in total. The average molecular weight is 469 g/mol. The molecule has 160 valence electrons. The van der Waals surface area contributed by atoms with Crippen LogP contribution in [-0.4, -0.2) is 49.6 Å². The van der Waals surface area contributed by atoms with E-state index in [2.05, 4.69) is 9.97 Å². The molecule has 3 aromatic rings. The number of halogens is 1. The lowest BCUT2D eigenvalue weighted by Gasteiger charge is -2.41. The second-order valence-electron chi connectivity index (χ2n) is 7.67. The van der Waals surface area contributed by atoms with Crippen LogP contribution in [-0.2, 0) is 19.1 Å². The van der Waals surface area contributed by atoms with Gasteiger partial charge in [0.25, 0.3) is 10.0 Å². The third-order valence-electron chi connectivity index (χ3n) is 5.53. The Hall–Kier alpha value is -2.17. The van der Waals surface area contributed by atoms with Crippen LogP contribution in [0.3, 0.4) is 0 Å². The molecule has 0 N–H and O–H groups in total. The fraction of sp³-hybridized carbons (Fsp3) is 0.368. The molecule has 1 saturated carbocycles. The maximum atomic E-state index is 13.1. The zero-order valence-electron chi connectivity index (χ0n) is 16.4. The monoisotopic (exact) mass is 468 g/mol. The average Bonchev–Trinajstić information content (AvgIpc) is 3.08. The van der Waals surface area contributed by atoms with E-state index in [4.69, 9.17) is 10.7 Å².